The Morgan fingerprint density at radius 2 is 1.88 bits per heavy atom. The van der Waals surface area contributed by atoms with Gasteiger partial charge in [0.05, 0.1) is 16.1 Å². The van der Waals surface area contributed by atoms with Gasteiger partial charge >= 0.3 is 0 Å². The Labute approximate surface area is 111 Å². The Kier molecular flexibility index (Phi) is 4.40. The molecular weight excluding hydrogens is 257 g/mol. The second-order valence-corrected chi connectivity index (χ2v) is 4.80. The molecule has 1 aliphatic heterocycles. The fraction of sp³-hybridized carbons (Fsp3) is 0.417. The van der Waals surface area contributed by atoms with Crippen LogP contribution < -0.4 is 5.32 Å². The van der Waals surface area contributed by atoms with Gasteiger partial charge in [-0.2, -0.15) is 0 Å². The van der Waals surface area contributed by atoms with Crippen molar-refractivity contribution in [2.45, 2.75) is 6.04 Å². The SMILES string of the molecule is C=C[C@H](c1c(Cl)cncc1Cl)N1CCNCC1. The van der Waals surface area contributed by atoms with Crippen molar-refractivity contribution in [1.29, 1.82) is 0 Å². The fourth-order valence-corrected chi connectivity index (χ4v) is 2.70. The minimum absolute atomic E-state index is 0.0556. The molecule has 1 saturated heterocycles. The summed E-state index contributed by atoms with van der Waals surface area (Å²) in [6.45, 7) is 7.78. The number of aromatic nitrogens is 1. The maximum absolute atomic E-state index is 6.19. The van der Waals surface area contributed by atoms with Crippen molar-refractivity contribution in [1.82, 2.24) is 15.2 Å². The first-order chi connectivity index (χ1) is 8.24. The molecule has 1 aliphatic rings. The maximum Gasteiger partial charge on any atom is 0.0655 e. The summed E-state index contributed by atoms with van der Waals surface area (Å²) in [7, 11) is 0. The van der Waals surface area contributed by atoms with E-state index in [1.807, 2.05) is 6.08 Å². The highest BCUT2D eigenvalue weighted by molar-refractivity contribution is 6.35. The molecule has 1 aromatic heterocycles. The van der Waals surface area contributed by atoms with Gasteiger partial charge in [0.1, 0.15) is 0 Å². The van der Waals surface area contributed by atoms with E-state index in [0.717, 1.165) is 31.7 Å². The molecule has 0 aromatic carbocycles. The standard InChI is InChI=1S/C12H15Cl2N3/c1-2-11(17-5-3-15-4-6-17)12-9(13)7-16-8-10(12)14/h2,7-8,11,15H,1,3-6H2/t11-/m1/s1. The molecule has 2 heterocycles. The van der Waals surface area contributed by atoms with E-state index >= 15 is 0 Å². The van der Waals surface area contributed by atoms with Gasteiger partial charge < -0.3 is 5.32 Å². The zero-order chi connectivity index (χ0) is 12.3. The van der Waals surface area contributed by atoms with Crippen molar-refractivity contribution in [2.75, 3.05) is 26.2 Å². The van der Waals surface area contributed by atoms with E-state index in [2.05, 4.69) is 21.8 Å². The highest BCUT2D eigenvalue weighted by Crippen LogP contribution is 2.33. The van der Waals surface area contributed by atoms with E-state index in [4.69, 9.17) is 23.2 Å². The quantitative estimate of drug-likeness (QED) is 0.857. The zero-order valence-electron chi connectivity index (χ0n) is 9.50. The molecule has 0 bridgehead atoms. The number of nitrogens with one attached hydrogen (secondary N) is 1. The van der Waals surface area contributed by atoms with Crippen LogP contribution in [0.15, 0.2) is 25.0 Å². The van der Waals surface area contributed by atoms with Gasteiger partial charge in [-0.1, -0.05) is 29.3 Å². The van der Waals surface area contributed by atoms with Gasteiger partial charge in [-0.25, -0.2) is 0 Å². The van der Waals surface area contributed by atoms with Gasteiger partial charge in [-0.3, -0.25) is 9.88 Å². The maximum atomic E-state index is 6.19. The summed E-state index contributed by atoms with van der Waals surface area (Å²) in [5.41, 5.74) is 0.903. The molecule has 1 atom stereocenters. The minimum Gasteiger partial charge on any atom is -0.314 e. The number of piperazine rings is 1. The second-order valence-electron chi connectivity index (χ2n) is 3.98. The van der Waals surface area contributed by atoms with Crippen LogP contribution in [-0.4, -0.2) is 36.1 Å². The van der Waals surface area contributed by atoms with Crippen molar-refractivity contribution >= 4 is 23.2 Å². The highest BCUT2D eigenvalue weighted by atomic mass is 35.5. The summed E-state index contributed by atoms with van der Waals surface area (Å²) in [4.78, 5) is 6.29. The number of hydrogen-bond donors (Lipinski definition) is 1. The van der Waals surface area contributed by atoms with Gasteiger partial charge in [0.2, 0.25) is 0 Å². The van der Waals surface area contributed by atoms with Crippen LogP contribution in [0.2, 0.25) is 10.0 Å². The fourth-order valence-electron chi connectivity index (χ4n) is 2.11. The predicted octanol–water partition coefficient (Wildman–Crippen LogP) is 2.52. The third kappa shape index (κ3) is 2.80. The first kappa shape index (κ1) is 12.8. The lowest BCUT2D eigenvalue weighted by atomic mass is 10.1. The zero-order valence-corrected chi connectivity index (χ0v) is 11.0. The number of pyridine rings is 1. The average molecular weight is 272 g/mol. The molecule has 1 fully saturated rings. The molecule has 0 radical (unpaired) electrons. The molecule has 0 saturated carbocycles. The summed E-state index contributed by atoms with van der Waals surface area (Å²) in [5, 5.41) is 4.52. The van der Waals surface area contributed by atoms with Crippen LogP contribution in [0.1, 0.15) is 11.6 Å². The normalized spacial score (nSPS) is 18.9. The Bertz CT molecular complexity index is 382. The molecule has 0 aliphatic carbocycles. The summed E-state index contributed by atoms with van der Waals surface area (Å²) < 4.78 is 0. The van der Waals surface area contributed by atoms with Crippen LogP contribution in [0, 0.1) is 0 Å². The minimum atomic E-state index is 0.0556. The van der Waals surface area contributed by atoms with Crippen molar-refractivity contribution in [3.8, 4) is 0 Å². The van der Waals surface area contributed by atoms with Crippen LogP contribution >= 0.6 is 23.2 Å². The third-order valence-electron chi connectivity index (χ3n) is 2.95. The van der Waals surface area contributed by atoms with E-state index in [9.17, 15) is 0 Å². The molecule has 2 rings (SSSR count). The first-order valence-electron chi connectivity index (χ1n) is 5.60. The van der Waals surface area contributed by atoms with Crippen molar-refractivity contribution < 1.29 is 0 Å². The molecule has 17 heavy (non-hydrogen) atoms. The molecule has 1 aromatic rings. The van der Waals surface area contributed by atoms with Crippen LogP contribution in [0.5, 0.6) is 0 Å². The molecule has 0 spiro atoms. The number of rotatable bonds is 3. The van der Waals surface area contributed by atoms with Gasteiger partial charge in [-0.05, 0) is 0 Å². The highest BCUT2D eigenvalue weighted by Gasteiger charge is 2.23. The van der Waals surface area contributed by atoms with E-state index in [1.54, 1.807) is 12.4 Å². The van der Waals surface area contributed by atoms with Crippen LogP contribution in [0.4, 0.5) is 0 Å². The van der Waals surface area contributed by atoms with Gasteiger partial charge in [-0.15, -0.1) is 6.58 Å². The summed E-state index contributed by atoms with van der Waals surface area (Å²) in [5.74, 6) is 0. The Morgan fingerprint density at radius 1 is 1.29 bits per heavy atom. The molecule has 1 N–H and O–H groups in total. The number of hydrogen-bond acceptors (Lipinski definition) is 3. The Balaban J connectivity index is 2.31. The summed E-state index contributed by atoms with van der Waals surface area (Å²) in [6.07, 6.45) is 5.14. The lowest BCUT2D eigenvalue weighted by molar-refractivity contribution is 0.203. The molecule has 0 unspecified atom stereocenters. The largest absolute Gasteiger partial charge is 0.314 e. The topological polar surface area (TPSA) is 28.2 Å². The van der Waals surface area contributed by atoms with E-state index in [1.165, 1.54) is 0 Å². The molecular formula is C12H15Cl2N3. The second kappa shape index (κ2) is 5.83. The lowest BCUT2D eigenvalue weighted by Gasteiger charge is -2.34. The third-order valence-corrected chi connectivity index (χ3v) is 3.56. The van der Waals surface area contributed by atoms with E-state index in [0.29, 0.717) is 10.0 Å². The molecule has 3 nitrogen and oxygen atoms in total. The van der Waals surface area contributed by atoms with E-state index in [-0.39, 0.29) is 6.04 Å². The molecule has 0 amide bonds. The number of halogens is 2. The van der Waals surface area contributed by atoms with E-state index < -0.39 is 0 Å². The summed E-state index contributed by atoms with van der Waals surface area (Å²) >= 11 is 12.4. The number of nitrogens with zero attached hydrogens (tertiary/aromatic N) is 2. The lowest BCUT2D eigenvalue weighted by Crippen LogP contribution is -2.44. The van der Waals surface area contributed by atoms with Gasteiger partial charge in [0.25, 0.3) is 0 Å². The smallest absolute Gasteiger partial charge is 0.0655 e. The van der Waals surface area contributed by atoms with Gasteiger partial charge in [0, 0.05) is 44.1 Å². The Hall–Kier alpha value is -0.610. The van der Waals surface area contributed by atoms with Crippen LogP contribution in [0.25, 0.3) is 0 Å². The summed E-state index contributed by atoms with van der Waals surface area (Å²) in [6, 6.07) is 0.0556. The van der Waals surface area contributed by atoms with Crippen LogP contribution in [-0.2, 0) is 0 Å². The first-order valence-corrected chi connectivity index (χ1v) is 6.36. The average Bonchev–Trinajstić information content (AvgIpc) is 2.35. The predicted molar refractivity (Wildman–Crippen MR) is 71.6 cm³/mol. The molecule has 92 valence electrons. The van der Waals surface area contributed by atoms with Gasteiger partial charge in [0.15, 0.2) is 0 Å². The van der Waals surface area contributed by atoms with Crippen molar-refractivity contribution in [3.63, 3.8) is 0 Å². The van der Waals surface area contributed by atoms with Crippen LogP contribution in [0.3, 0.4) is 0 Å². The van der Waals surface area contributed by atoms with Crippen molar-refractivity contribution in [2.24, 2.45) is 0 Å². The molecule has 5 heteroatoms. The monoisotopic (exact) mass is 271 g/mol. The Morgan fingerprint density at radius 3 is 2.41 bits per heavy atom. The van der Waals surface area contributed by atoms with Crippen molar-refractivity contribution in [3.05, 3.63) is 40.7 Å².